The van der Waals surface area contributed by atoms with Crippen molar-refractivity contribution in [3.63, 3.8) is 0 Å². The third-order valence-corrected chi connectivity index (χ3v) is 17.6. The predicted molar refractivity (Wildman–Crippen MR) is 323 cm³/mol. The van der Waals surface area contributed by atoms with Crippen molar-refractivity contribution in [2.45, 2.75) is 136 Å². The van der Waals surface area contributed by atoms with Crippen molar-refractivity contribution in [2.24, 2.45) is 17.3 Å². The second kappa shape index (κ2) is 29.8. The number of benzene rings is 4. The second-order valence-corrected chi connectivity index (χ2v) is 24.4. The zero-order valence-electron chi connectivity index (χ0n) is 48.5. The summed E-state index contributed by atoms with van der Waals surface area (Å²) in [6.45, 7) is 18.6. The number of carbonyl (C=O) groups excluding carboxylic acids is 2. The Bertz CT molecular complexity index is 2680. The number of carbonyl (C=O) groups is 2. The van der Waals surface area contributed by atoms with Gasteiger partial charge in [-0.25, -0.2) is 0 Å². The van der Waals surface area contributed by atoms with Crippen LogP contribution in [0.4, 0.5) is 22.7 Å². The number of unbranched alkanes of at least 4 members (excludes halogenated alkanes) is 2. The van der Waals surface area contributed by atoms with Crippen molar-refractivity contribution in [3.05, 3.63) is 131 Å². The van der Waals surface area contributed by atoms with Gasteiger partial charge in [-0.1, -0.05) is 140 Å². The maximum absolute atomic E-state index is 12.3. The molecule has 3 atom stereocenters. The molecule has 4 aromatic rings. The number of carboxylic acid groups (broad SMARTS) is 2. The van der Waals surface area contributed by atoms with Crippen LogP contribution in [0.25, 0.3) is 12.2 Å². The fourth-order valence-electron chi connectivity index (χ4n) is 11.3. The van der Waals surface area contributed by atoms with E-state index in [2.05, 4.69) is 196 Å². The summed E-state index contributed by atoms with van der Waals surface area (Å²) in [6.07, 6.45) is 14.4. The number of para-hydroxylation sites is 2. The average molecular weight is 1130 g/mol. The lowest BCUT2D eigenvalue weighted by Gasteiger charge is -2.44. The molecule has 78 heavy (non-hydrogen) atoms. The standard InChI is InChI=1S/2C22H26ClN2.C20H38O7S/c2*1-22(2)19-7-5-6-8-20(19)25(4)21(22)14-11-17-9-12-18(13-10-17)24(3)16-15-23;1-5-9-11-15(7-3)13-20(19(23)24,14-16(8-4)12-10-6-2)17(18(21)22)28(25,26)27/h2*5-14H,15-16H2,1-4H3;15-17H,5-14H2,1-4H3,(H,21,22)(H,23,24)(H,25,26,27)/q2*+1;/p-2. The van der Waals surface area contributed by atoms with E-state index in [-0.39, 0.29) is 35.5 Å². The van der Waals surface area contributed by atoms with Crippen LogP contribution in [0.15, 0.2) is 109 Å². The number of hydrogen-bond acceptors (Lipinski definition) is 8. The Kier molecular flexibility index (Phi) is 24.9. The topological polar surface area (TPSA) is 147 Å². The molecular weight excluding hydrogens is 1040 g/mol. The summed E-state index contributed by atoms with van der Waals surface area (Å²) in [6, 6.07) is 34.5. The molecule has 0 saturated carbocycles. The van der Waals surface area contributed by atoms with Gasteiger partial charge in [0.25, 0.3) is 10.1 Å². The summed E-state index contributed by atoms with van der Waals surface area (Å²) in [4.78, 5) is 28.3. The lowest BCUT2D eigenvalue weighted by Crippen LogP contribution is -2.60. The normalized spacial score (nSPS) is 16.3. The van der Waals surface area contributed by atoms with Crippen LogP contribution in [0, 0.1) is 17.3 Å². The van der Waals surface area contributed by atoms with Crippen molar-refractivity contribution in [1.29, 1.82) is 0 Å². The molecule has 0 saturated heterocycles. The third-order valence-electron chi connectivity index (χ3n) is 16.1. The molecule has 2 aliphatic heterocycles. The van der Waals surface area contributed by atoms with Crippen molar-refractivity contribution in [2.75, 3.05) is 62.8 Å². The van der Waals surface area contributed by atoms with Crippen LogP contribution in [0.1, 0.15) is 142 Å². The maximum atomic E-state index is 12.3. The Morgan fingerprint density at radius 3 is 1.27 bits per heavy atom. The van der Waals surface area contributed by atoms with Crippen molar-refractivity contribution in [3.8, 4) is 0 Å². The third kappa shape index (κ3) is 16.4. The SMILES string of the molecule is CCCCC(CC)CC(CC(CC)CCCC)(C(=O)[O-])C(C(=O)[O-])S(=O)(=O)O.CN(CCCl)c1ccc(C=CC2=[N+](C)c3ccccc3C2(C)C)cc1.CN(CCCl)c1ccc(C=CC2=[N+](C)c3ccccc3C2(C)C)cc1. The highest BCUT2D eigenvalue weighted by molar-refractivity contribution is 7.87. The Labute approximate surface area is 478 Å². The Balaban J connectivity index is 0.000000253. The molecule has 3 unspecified atom stereocenters. The molecule has 2 aliphatic rings. The minimum atomic E-state index is -5.20. The van der Waals surface area contributed by atoms with Gasteiger partial charge >= 0.3 is 0 Å². The lowest BCUT2D eigenvalue weighted by molar-refractivity contribution is -0.401. The number of anilines is 2. The number of nitrogens with zero attached hydrogens (tertiary/aromatic N) is 4. The molecule has 0 amide bonds. The van der Waals surface area contributed by atoms with E-state index in [1.807, 2.05) is 27.7 Å². The monoisotopic (exact) mass is 1130 g/mol. The quantitative estimate of drug-likeness (QED) is 0.0369. The fourth-order valence-corrected chi connectivity index (χ4v) is 12.9. The molecule has 0 aliphatic carbocycles. The first kappa shape index (κ1) is 65.2. The van der Waals surface area contributed by atoms with E-state index in [4.69, 9.17) is 23.2 Å². The number of halogens is 2. The summed E-state index contributed by atoms with van der Waals surface area (Å²) in [5, 5.41) is 21.5. The molecule has 0 spiro atoms. The summed E-state index contributed by atoms with van der Waals surface area (Å²) in [7, 11) is 3.23. The fraction of sp³-hybridized carbons (Fsp3) is 0.500. The van der Waals surface area contributed by atoms with Crippen LogP contribution in [-0.4, -0.2) is 104 Å². The van der Waals surface area contributed by atoms with Gasteiger partial charge in [0.05, 0.1) is 16.8 Å². The van der Waals surface area contributed by atoms with E-state index in [0.29, 0.717) is 37.4 Å². The molecular formula is C64H88Cl2N4O7S. The molecule has 0 radical (unpaired) electrons. The van der Waals surface area contributed by atoms with Gasteiger partial charge in [0.15, 0.2) is 11.4 Å². The Hall–Kier alpha value is -5.27. The number of allylic oxidation sites excluding steroid dienone is 2. The van der Waals surface area contributed by atoms with Gasteiger partial charge in [0.1, 0.15) is 19.3 Å². The number of hydrogen-bond donors (Lipinski definition) is 1. The van der Waals surface area contributed by atoms with E-state index in [1.54, 1.807) is 0 Å². The van der Waals surface area contributed by atoms with Crippen LogP contribution in [0.3, 0.4) is 0 Å². The summed E-state index contributed by atoms with van der Waals surface area (Å²) in [5.74, 6) is -2.95. The molecule has 0 bridgehead atoms. The molecule has 426 valence electrons. The lowest BCUT2D eigenvalue weighted by atomic mass is 9.68. The van der Waals surface area contributed by atoms with Gasteiger partial charge in [0, 0.05) is 97.1 Å². The Morgan fingerprint density at radius 2 is 0.987 bits per heavy atom. The highest BCUT2D eigenvalue weighted by Crippen LogP contribution is 2.44. The number of alkyl halides is 2. The second-order valence-electron chi connectivity index (χ2n) is 22.1. The molecule has 11 nitrogen and oxygen atoms in total. The van der Waals surface area contributed by atoms with Crippen molar-refractivity contribution in [1.82, 2.24) is 0 Å². The predicted octanol–water partition coefficient (Wildman–Crippen LogP) is 12.1. The summed E-state index contributed by atoms with van der Waals surface area (Å²) in [5.41, 5.74) is 10.6. The van der Waals surface area contributed by atoms with Crippen LogP contribution in [0.5, 0.6) is 0 Å². The number of carboxylic acids is 2. The van der Waals surface area contributed by atoms with Gasteiger partial charge in [0.2, 0.25) is 11.4 Å². The number of aliphatic carboxylic acids is 2. The molecule has 2 heterocycles. The van der Waals surface area contributed by atoms with E-state index in [0.717, 1.165) is 38.8 Å². The maximum Gasteiger partial charge on any atom is 0.274 e. The molecule has 1 N–H and O–H groups in total. The average Bonchev–Trinajstić information content (AvgIpc) is 3.86. The zero-order chi connectivity index (χ0) is 58.0. The highest BCUT2D eigenvalue weighted by Gasteiger charge is 2.50. The van der Waals surface area contributed by atoms with Gasteiger partial charge in [-0.15, -0.1) is 23.2 Å². The van der Waals surface area contributed by atoms with E-state index >= 15 is 0 Å². The molecule has 0 aromatic heterocycles. The largest absolute Gasteiger partial charge is 0.549 e. The summed E-state index contributed by atoms with van der Waals surface area (Å²) < 4.78 is 38.1. The van der Waals surface area contributed by atoms with Crippen LogP contribution in [0.2, 0.25) is 0 Å². The molecule has 6 rings (SSSR count). The molecule has 4 aromatic carbocycles. The minimum Gasteiger partial charge on any atom is -0.549 e. The van der Waals surface area contributed by atoms with Crippen LogP contribution >= 0.6 is 23.2 Å². The Morgan fingerprint density at radius 1 is 0.628 bits per heavy atom. The van der Waals surface area contributed by atoms with Crippen molar-refractivity contribution < 1.29 is 41.9 Å². The smallest absolute Gasteiger partial charge is 0.274 e. The number of rotatable bonds is 26. The summed E-state index contributed by atoms with van der Waals surface area (Å²) >= 11 is 11.6. The van der Waals surface area contributed by atoms with E-state index < -0.39 is 32.7 Å². The van der Waals surface area contributed by atoms with E-state index in [1.165, 1.54) is 56.4 Å². The van der Waals surface area contributed by atoms with Crippen molar-refractivity contribution >= 4 is 91.6 Å². The van der Waals surface area contributed by atoms with Gasteiger partial charge in [-0.05, 0) is 99.9 Å². The zero-order valence-corrected chi connectivity index (χ0v) is 50.9. The molecule has 14 heteroatoms. The van der Waals surface area contributed by atoms with Crippen LogP contribution < -0.4 is 20.0 Å². The molecule has 0 fully saturated rings. The van der Waals surface area contributed by atoms with Crippen LogP contribution in [-0.2, 0) is 30.5 Å². The highest BCUT2D eigenvalue weighted by atomic mass is 35.5. The first-order chi connectivity index (χ1) is 36.9. The minimum absolute atomic E-state index is 0.0162. The van der Waals surface area contributed by atoms with Gasteiger partial charge < -0.3 is 29.6 Å². The number of fused-ring (bicyclic) bond motifs is 2. The van der Waals surface area contributed by atoms with Gasteiger partial charge in [-0.3, -0.25) is 4.55 Å². The first-order valence-electron chi connectivity index (χ1n) is 27.8. The first-order valence-corrected chi connectivity index (χ1v) is 30.4. The van der Waals surface area contributed by atoms with E-state index in [9.17, 15) is 32.8 Å². The van der Waals surface area contributed by atoms with Gasteiger partial charge in [-0.2, -0.15) is 17.6 Å².